The van der Waals surface area contributed by atoms with E-state index in [9.17, 15) is 18.0 Å². The molecule has 0 unspecified atom stereocenters. The summed E-state index contributed by atoms with van der Waals surface area (Å²) >= 11 is 0. The number of halogens is 3. The van der Waals surface area contributed by atoms with Gasteiger partial charge in [0.05, 0.1) is 11.1 Å². The highest BCUT2D eigenvalue weighted by atomic mass is 19.4. The van der Waals surface area contributed by atoms with Gasteiger partial charge in [-0.2, -0.15) is 13.2 Å². The van der Waals surface area contributed by atoms with E-state index in [1.165, 1.54) is 6.07 Å². The van der Waals surface area contributed by atoms with Gasteiger partial charge in [-0.25, -0.2) is 0 Å². The first kappa shape index (κ1) is 14.6. The van der Waals surface area contributed by atoms with Crippen molar-refractivity contribution < 1.29 is 18.0 Å². The molecule has 7 heteroatoms. The third-order valence-corrected chi connectivity index (χ3v) is 3.59. The molecule has 0 spiro atoms. The molecule has 20 heavy (non-hydrogen) atoms. The molecule has 0 aromatic heterocycles. The SMILES string of the molecule is NC(=O)c1cc(C(F)(F)F)ccc1NCC1(N)CCC1. The van der Waals surface area contributed by atoms with Crippen molar-refractivity contribution >= 4 is 11.6 Å². The molecule has 0 atom stereocenters. The normalized spacial score (nSPS) is 17.4. The summed E-state index contributed by atoms with van der Waals surface area (Å²) < 4.78 is 37.8. The van der Waals surface area contributed by atoms with Crippen molar-refractivity contribution in [1.82, 2.24) is 0 Å². The van der Waals surface area contributed by atoms with Crippen LogP contribution in [0.3, 0.4) is 0 Å². The topological polar surface area (TPSA) is 81.1 Å². The molecule has 0 bridgehead atoms. The van der Waals surface area contributed by atoms with E-state index in [4.69, 9.17) is 11.5 Å². The fraction of sp³-hybridized carbons (Fsp3) is 0.462. The lowest BCUT2D eigenvalue weighted by molar-refractivity contribution is -0.137. The van der Waals surface area contributed by atoms with Gasteiger partial charge in [-0.3, -0.25) is 4.79 Å². The Morgan fingerprint density at radius 3 is 2.45 bits per heavy atom. The molecule has 1 saturated carbocycles. The highest BCUT2D eigenvalue weighted by molar-refractivity contribution is 5.98. The van der Waals surface area contributed by atoms with Crippen molar-refractivity contribution in [3.05, 3.63) is 29.3 Å². The average Bonchev–Trinajstić information content (AvgIpc) is 2.32. The number of carbonyl (C=O) groups is 1. The lowest BCUT2D eigenvalue weighted by atomic mass is 9.77. The third kappa shape index (κ3) is 3.04. The van der Waals surface area contributed by atoms with Crippen molar-refractivity contribution in [1.29, 1.82) is 0 Å². The fourth-order valence-electron chi connectivity index (χ4n) is 2.16. The number of primary amides is 1. The number of nitrogens with one attached hydrogen (secondary N) is 1. The number of benzene rings is 1. The van der Waals surface area contributed by atoms with Crippen LogP contribution in [-0.2, 0) is 6.18 Å². The molecule has 0 saturated heterocycles. The van der Waals surface area contributed by atoms with E-state index in [2.05, 4.69) is 5.32 Å². The summed E-state index contributed by atoms with van der Waals surface area (Å²) in [5, 5.41) is 2.92. The summed E-state index contributed by atoms with van der Waals surface area (Å²) in [7, 11) is 0. The van der Waals surface area contributed by atoms with Crippen LogP contribution in [-0.4, -0.2) is 18.0 Å². The average molecular weight is 287 g/mol. The molecule has 0 radical (unpaired) electrons. The molecule has 5 N–H and O–H groups in total. The van der Waals surface area contributed by atoms with Crippen LogP contribution in [0.15, 0.2) is 18.2 Å². The molecular weight excluding hydrogens is 271 g/mol. The molecule has 0 aliphatic heterocycles. The van der Waals surface area contributed by atoms with E-state index in [-0.39, 0.29) is 16.8 Å². The second-order valence-corrected chi connectivity index (χ2v) is 5.19. The van der Waals surface area contributed by atoms with Crippen LogP contribution in [0.2, 0.25) is 0 Å². The van der Waals surface area contributed by atoms with Gasteiger partial charge in [0.2, 0.25) is 0 Å². The standard InChI is InChI=1S/C13H16F3N3O/c14-13(15,16)8-2-3-10(9(6-8)11(17)20)19-7-12(18)4-1-5-12/h2-3,6,19H,1,4-5,7,18H2,(H2,17,20). The minimum Gasteiger partial charge on any atom is -0.383 e. The van der Waals surface area contributed by atoms with Gasteiger partial charge in [-0.1, -0.05) is 0 Å². The maximum Gasteiger partial charge on any atom is 0.416 e. The molecular formula is C13H16F3N3O. The Bertz CT molecular complexity index is 524. The summed E-state index contributed by atoms with van der Waals surface area (Å²) in [4.78, 5) is 11.3. The van der Waals surface area contributed by atoms with Gasteiger partial charge in [0, 0.05) is 17.8 Å². The van der Waals surface area contributed by atoms with Gasteiger partial charge in [-0.15, -0.1) is 0 Å². The molecule has 110 valence electrons. The Labute approximate surface area is 114 Å². The zero-order chi connectivity index (χ0) is 15.0. The molecule has 4 nitrogen and oxygen atoms in total. The molecule has 0 heterocycles. The number of alkyl halides is 3. The minimum absolute atomic E-state index is 0.178. The van der Waals surface area contributed by atoms with Crippen LogP contribution in [0.25, 0.3) is 0 Å². The minimum atomic E-state index is -4.51. The van der Waals surface area contributed by atoms with Gasteiger partial charge >= 0.3 is 6.18 Å². The smallest absolute Gasteiger partial charge is 0.383 e. The van der Waals surface area contributed by atoms with Crippen LogP contribution in [0.4, 0.5) is 18.9 Å². The molecule has 1 aromatic rings. The Kier molecular flexibility index (Phi) is 3.64. The zero-order valence-corrected chi connectivity index (χ0v) is 10.8. The molecule has 2 rings (SSSR count). The lowest BCUT2D eigenvalue weighted by Crippen LogP contribution is -2.52. The molecule has 1 aromatic carbocycles. The number of hydrogen-bond acceptors (Lipinski definition) is 3. The van der Waals surface area contributed by atoms with Crippen molar-refractivity contribution in [2.75, 3.05) is 11.9 Å². The van der Waals surface area contributed by atoms with Crippen LogP contribution in [0.5, 0.6) is 0 Å². The monoisotopic (exact) mass is 287 g/mol. The predicted molar refractivity (Wildman–Crippen MR) is 69.2 cm³/mol. The maximum atomic E-state index is 12.6. The second kappa shape index (κ2) is 4.97. The number of carbonyl (C=O) groups excluding carboxylic acids is 1. The number of rotatable bonds is 4. The van der Waals surface area contributed by atoms with E-state index in [0.29, 0.717) is 6.54 Å². The third-order valence-electron chi connectivity index (χ3n) is 3.59. The summed E-state index contributed by atoms with van der Waals surface area (Å²) in [6.07, 6.45) is -1.77. The highest BCUT2D eigenvalue weighted by Crippen LogP contribution is 2.33. The molecule has 1 aliphatic rings. The first-order valence-electron chi connectivity index (χ1n) is 6.25. The number of nitrogens with two attached hydrogens (primary N) is 2. The van der Waals surface area contributed by atoms with Crippen molar-refractivity contribution in [2.24, 2.45) is 11.5 Å². The number of hydrogen-bond donors (Lipinski definition) is 3. The van der Waals surface area contributed by atoms with E-state index in [1.807, 2.05) is 0 Å². The Morgan fingerprint density at radius 1 is 1.35 bits per heavy atom. The largest absolute Gasteiger partial charge is 0.416 e. The highest BCUT2D eigenvalue weighted by Gasteiger charge is 2.33. The quantitative estimate of drug-likeness (QED) is 0.793. The Morgan fingerprint density at radius 2 is 2.00 bits per heavy atom. The van der Waals surface area contributed by atoms with Crippen LogP contribution < -0.4 is 16.8 Å². The summed E-state index contributed by atoms with van der Waals surface area (Å²) in [5.41, 5.74) is 10.0. The van der Waals surface area contributed by atoms with Gasteiger partial charge < -0.3 is 16.8 Å². The summed E-state index contributed by atoms with van der Waals surface area (Å²) in [5.74, 6) is -0.904. The Hall–Kier alpha value is -1.76. The van der Waals surface area contributed by atoms with Crippen LogP contribution in [0, 0.1) is 0 Å². The first-order valence-corrected chi connectivity index (χ1v) is 6.25. The zero-order valence-electron chi connectivity index (χ0n) is 10.8. The maximum absolute atomic E-state index is 12.6. The molecule has 1 aliphatic carbocycles. The van der Waals surface area contributed by atoms with E-state index >= 15 is 0 Å². The van der Waals surface area contributed by atoms with Crippen molar-refractivity contribution in [3.63, 3.8) is 0 Å². The Balaban J connectivity index is 2.21. The second-order valence-electron chi connectivity index (χ2n) is 5.19. The summed E-state index contributed by atoms with van der Waals surface area (Å²) in [6, 6.07) is 2.89. The van der Waals surface area contributed by atoms with Gasteiger partial charge in [0.15, 0.2) is 0 Å². The van der Waals surface area contributed by atoms with E-state index in [0.717, 1.165) is 31.4 Å². The number of anilines is 1. The lowest BCUT2D eigenvalue weighted by Gasteiger charge is -2.38. The van der Waals surface area contributed by atoms with Gasteiger partial charge in [0.25, 0.3) is 5.91 Å². The first-order chi connectivity index (χ1) is 9.21. The van der Waals surface area contributed by atoms with Gasteiger partial charge in [0.1, 0.15) is 0 Å². The van der Waals surface area contributed by atoms with Crippen molar-refractivity contribution in [3.8, 4) is 0 Å². The molecule has 1 amide bonds. The van der Waals surface area contributed by atoms with E-state index in [1.54, 1.807) is 0 Å². The summed E-state index contributed by atoms with van der Waals surface area (Å²) in [6.45, 7) is 0.401. The van der Waals surface area contributed by atoms with Crippen molar-refractivity contribution in [2.45, 2.75) is 31.0 Å². The van der Waals surface area contributed by atoms with Crippen LogP contribution >= 0.6 is 0 Å². The van der Waals surface area contributed by atoms with Crippen LogP contribution in [0.1, 0.15) is 35.2 Å². The fourth-order valence-corrected chi connectivity index (χ4v) is 2.16. The van der Waals surface area contributed by atoms with E-state index < -0.39 is 17.6 Å². The molecule has 1 fully saturated rings. The number of amides is 1. The predicted octanol–water partition coefficient (Wildman–Crippen LogP) is 2.10. The van der Waals surface area contributed by atoms with Gasteiger partial charge in [-0.05, 0) is 37.5 Å².